The molecular formula is C20H21N3O3S3. The number of nitrogens with zero attached hydrogens (tertiary/aromatic N) is 1. The number of amides is 1. The van der Waals surface area contributed by atoms with Crippen LogP contribution in [0.25, 0.3) is 16.6 Å². The quantitative estimate of drug-likeness (QED) is 0.512. The van der Waals surface area contributed by atoms with E-state index in [-0.39, 0.29) is 5.91 Å². The second-order valence-electron chi connectivity index (χ2n) is 6.39. The van der Waals surface area contributed by atoms with Crippen LogP contribution >= 0.6 is 22.7 Å². The van der Waals surface area contributed by atoms with Crippen molar-refractivity contribution in [3.63, 3.8) is 0 Å². The Labute approximate surface area is 178 Å². The summed E-state index contributed by atoms with van der Waals surface area (Å²) in [6, 6.07) is 10.9. The van der Waals surface area contributed by atoms with Gasteiger partial charge in [-0.2, -0.15) is 0 Å². The van der Waals surface area contributed by atoms with Gasteiger partial charge in [-0.1, -0.05) is 12.1 Å². The molecule has 1 amide bonds. The minimum absolute atomic E-state index is 0.171. The van der Waals surface area contributed by atoms with Crippen LogP contribution in [0.1, 0.15) is 15.4 Å². The first-order valence-electron chi connectivity index (χ1n) is 8.83. The zero-order valence-electron chi connectivity index (χ0n) is 16.0. The molecule has 0 bridgehead atoms. The second kappa shape index (κ2) is 9.34. The van der Waals surface area contributed by atoms with Crippen LogP contribution in [-0.4, -0.2) is 32.1 Å². The van der Waals surface area contributed by atoms with Crippen LogP contribution in [-0.2, 0) is 21.2 Å². The maximum atomic E-state index is 12.0. The van der Waals surface area contributed by atoms with Crippen molar-refractivity contribution >= 4 is 50.4 Å². The van der Waals surface area contributed by atoms with Gasteiger partial charge in [0.25, 0.3) is 0 Å². The Morgan fingerprint density at radius 2 is 1.93 bits per heavy atom. The lowest BCUT2D eigenvalue weighted by atomic mass is 10.2. The van der Waals surface area contributed by atoms with Crippen molar-refractivity contribution in [1.29, 1.82) is 0 Å². The van der Waals surface area contributed by atoms with E-state index >= 15 is 0 Å². The van der Waals surface area contributed by atoms with E-state index in [1.807, 2.05) is 6.92 Å². The standard InChI is InChI=1S/C20H21N3O3S3/c1-14-22-18(13-27-14)19-9-8-17(28-19)11-12-21-20(24)10-5-15-3-6-16(7-4-15)23-29(2,25)26/h3-10,13,23H,11-12H2,1-2H3,(H,21,24)/b10-5+. The number of sulfonamides is 1. The summed E-state index contributed by atoms with van der Waals surface area (Å²) in [7, 11) is -3.30. The van der Waals surface area contributed by atoms with Crippen molar-refractivity contribution in [2.24, 2.45) is 0 Å². The first kappa shape index (κ1) is 21.2. The van der Waals surface area contributed by atoms with E-state index < -0.39 is 10.0 Å². The number of aromatic nitrogens is 1. The molecule has 0 aliphatic heterocycles. The Bertz CT molecular complexity index is 1110. The van der Waals surface area contributed by atoms with Crippen LogP contribution in [0.15, 0.2) is 47.9 Å². The zero-order valence-corrected chi connectivity index (χ0v) is 18.5. The van der Waals surface area contributed by atoms with Crippen molar-refractivity contribution in [2.75, 3.05) is 17.5 Å². The summed E-state index contributed by atoms with van der Waals surface area (Å²) in [6.45, 7) is 2.54. The van der Waals surface area contributed by atoms with E-state index in [9.17, 15) is 13.2 Å². The van der Waals surface area contributed by atoms with Gasteiger partial charge in [-0.15, -0.1) is 22.7 Å². The van der Waals surface area contributed by atoms with Gasteiger partial charge in [0, 0.05) is 28.6 Å². The number of aryl methyl sites for hydroxylation is 1. The number of anilines is 1. The van der Waals surface area contributed by atoms with E-state index in [1.165, 1.54) is 11.0 Å². The van der Waals surface area contributed by atoms with Crippen molar-refractivity contribution in [1.82, 2.24) is 10.3 Å². The predicted octanol–water partition coefficient (Wildman–Crippen LogP) is 3.92. The number of hydrogen-bond acceptors (Lipinski definition) is 6. The Balaban J connectivity index is 1.46. The van der Waals surface area contributed by atoms with E-state index in [4.69, 9.17) is 0 Å². The van der Waals surface area contributed by atoms with Crippen LogP contribution < -0.4 is 10.0 Å². The smallest absolute Gasteiger partial charge is 0.244 e. The molecule has 0 unspecified atom stereocenters. The third-order valence-electron chi connectivity index (χ3n) is 3.84. The van der Waals surface area contributed by atoms with Crippen LogP contribution in [0.2, 0.25) is 0 Å². The van der Waals surface area contributed by atoms with E-state index in [1.54, 1.807) is 53.0 Å². The topological polar surface area (TPSA) is 88.2 Å². The highest BCUT2D eigenvalue weighted by atomic mass is 32.2. The van der Waals surface area contributed by atoms with E-state index in [0.717, 1.165) is 33.8 Å². The van der Waals surface area contributed by atoms with Crippen LogP contribution in [0.3, 0.4) is 0 Å². The largest absolute Gasteiger partial charge is 0.352 e. The molecule has 1 aromatic carbocycles. The maximum absolute atomic E-state index is 12.0. The van der Waals surface area contributed by atoms with E-state index in [0.29, 0.717) is 12.2 Å². The maximum Gasteiger partial charge on any atom is 0.244 e. The second-order valence-corrected chi connectivity index (χ2v) is 10.4. The van der Waals surface area contributed by atoms with Crippen LogP contribution in [0.4, 0.5) is 5.69 Å². The fourth-order valence-corrected chi connectivity index (χ4v) is 4.76. The molecule has 0 spiro atoms. The summed E-state index contributed by atoms with van der Waals surface area (Å²) in [5.41, 5.74) is 2.30. The Morgan fingerprint density at radius 1 is 1.17 bits per heavy atom. The Kier molecular flexibility index (Phi) is 6.83. The van der Waals surface area contributed by atoms with Crippen molar-refractivity contribution in [2.45, 2.75) is 13.3 Å². The lowest BCUT2D eigenvalue weighted by Crippen LogP contribution is -2.23. The molecule has 29 heavy (non-hydrogen) atoms. The number of benzene rings is 1. The number of nitrogens with one attached hydrogen (secondary N) is 2. The molecule has 0 saturated heterocycles. The molecule has 2 aromatic heterocycles. The molecule has 152 valence electrons. The number of rotatable bonds is 8. The van der Waals surface area contributed by atoms with Gasteiger partial charge < -0.3 is 5.32 Å². The summed E-state index contributed by atoms with van der Waals surface area (Å²) in [5, 5.41) is 5.98. The average molecular weight is 448 g/mol. The monoisotopic (exact) mass is 447 g/mol. The first-order valence-corrected chi connectivity index (χ1v) is 12.4. The highest BCUT2D eigenvalue weighted by Crippen LogP contribution is 2.29. The molecule has 0 saturated carbocycles. The van der Waals surface area contributed by atoms with Crippen LogP contribution in [0.5, 0.6) is 0 Å². The molecule has 0 radical (unpaired) electrons. The van der Waals surface area contributed by atoms with Crippen molar-refractivity contribution in [3.8, 4) is 10.6 Å². The molecule has 2 N–H and O–H groups in total. The van der Waals surface area contributed by atoms with Gasteiger partial charge in [0.1, 0.15) is 0 Å². The van der Waals surface area contributed by atoms with Gasteiger partial charge in [0.05, 0.1) is 21.8 Å². The molecule has 6 nitrogen and oxygen atoms in total. The molecule has 9 heteroatoms. The molecule has 0 fully saturated rings. The number of carbonyl (C=O) groups excluding carboxylic acids is 1. The number of thiazole rings is 1. The van der Waals surface area contributed by atoms with Crippen molar-refractivity contribution < 1.29 is 13.2 Å². The Morgan fingerprint density at radius 3 is 2.59 bits per heavy atom. The lowest BCUT2D eigenvalue weighted by Gasteiger charge is -2.03. The van der Waals surface area contributed by atoms with Crippen LogP contribution in [0, 0.1) is 6.92 Å². The highest BCUT2D eigenvalue weighted by Gasteiger charge is 2.06. The SMILES string of the molecule is Cc1nc(-c2ccc(CCNC(=O)/C=C/c3ccc(NS(C)(=O)=O)cc3)s2)cs1. The van der Waals surface area contributed by atoms with Gasteiger partial charge >= 0.3 is 0 Å². The van der Waals surface area contributed by atoms with Crippen molar-refractivity contribution in [3.05, 3.63) is 63.3 Å². The number of hydrogen-bond donors (Lipinski definition) is 2. The predicted molar refractivity (Wildman–Crippen MR) is 121 cm³/mol. The molecule has 2 heterocycles. The summed E-state index contributed by atoms with van der Waals surface area (Å²) < 4.78 is 24.8. The minimum Gasteiger partial charge on any atom is -0.352 e. The summed E-state index contributed by atoms with van der Waals surface area (Å²) in [4.78, 5) is 18.8. The third kappa shape index (κ3) is 6.81. The minimum atomic E-state index is -3.30. The van der Waals surface area contributed by atoms with Gasteiger partial charge in [-0.3, -0.25) is 9.52 Å². The summed E-state index contributed by atoms with van der Waals surface area (Å²) in [5.74, 6) is -0.171. The number of thiophene rings is 1. The van der Waals surface area contributed by atoms with Gasteiger partial charge in [-0.05, 0) is 49.2 Å². The molecular weight excluding hydrogens is 426 g/mol. The fraction of sp³-hybridized carbons (Fsp3) is 0.200. The molecule has 0 atom stereocenters. The Hall–Kier alpha value is -2.49. The molecule has 0 aliphatic rings. The van der Waals surface area contributed by atoms with E-state index in [2.05, 4.69) is 32.5 Å². The molecule has 3 aromatic rings. The first-order chi connectivity index (χ1) is 13.8. The average Bonchev–Trinajstić information content (AvgIpc) is 3.29. The highest BCUT2D eigenvalue weighted by molar-refractivity contribution is 7.92. The molecule has 3 rings (SSSR count). The molecule has 0 aliphatic carbocycles. The van der Waals surface area contributed by atoms with Gasteiger partial charge in [-0.25, -0.2) is 13.4 Å². The normalized spacial score (nSPS) is 11.7. The third-order valence-corrected chi connectivity index (χ3v) is 6.39. The summed E-state index contributed by atoms with van der Waals surface area (Å²) in [6.07, 6.45) is 5.02. The number of carbonyl (C=O) groups is 1. The summed E-state index contributed by atoms with van der Waals surface area (Å²) >= 11 is 3.33. The van der Waals surface area contributed by atoms with Gasteiger partial charge in [0.2, 0.25) is 15.9 Å². The van der Waals surface area contributed by atoms with Gasteiger partial charge in [0.15, 0.2) is 0 Å². The fourth-order valence-electron chi connectivity index (χ4n) is 2.54. The lowest BCUT2D eigenvalue weighted by molar-refractivity contribution is -0.116. The zero-order chi connectivity index (χ0) is 20.9.